The number of primary amides is 1. The van der Waals surface area contributed by atoms with E-state index in [0.717, 1.165) is 19.6 Å². The van der Waals surface area contributed by atoms with Crippen LogP contribution in [0.5, 0.6) is 0 Å². The number of amides is 1. The van der Waals surface area contributed by atoms with Crippen molar-refractivity contribution in [1.29, 1.82) is 0 Å². The van der Waals surface area contributed by atoms with Gasteiger partial charge in [0.25, 0.3) is 11.9 Å². The second-order valence-electron chi connectivity index (χ2n) is 6.62. The minimum atomic E-state index is -0.528. The van der Waals surface area contributed by atoms with Gasteiger partial charge in [0, 0.05) is 25.0 Å². The molecule has 2 saturated heterocycles. The summed E-state index contributed by atoms with van der Waals surface area (Å²) in [6.45, 7) is 4.23. The fourth-order valence-corrected chi connectivity index (χ4v) is 3.82. The second kappa shape index (κ2) is 4.71. The molecule has 6 heteroatoms. The molecule has 0 atom stereocenters. The van der Waals surface area contributed by atoms with Crippen molar-refractivity contribution in [3.05, 3.63) is 23.8 Å². The largest absolute Gasteiger partial charge is 0.423 e. The molecule has 1 spiro atoms. The highest BCUT2D eigenvalue weighted by molar-refractivity contribution is 6.03. The average Bonchev–Trinajstić information content (AvgIpc) is 2.87. The summed E-state index contributed by atoms with van der Waals surface area (Å²) in [5.74, 6) is -0.528. The fraction of sp³-hybridized carbons (Fsp3) is 0.500. The van der Waals surface area contributed by atoms with Crippen LogP contribution in [0.4, 0.5) is 6.01 Å². The smallest absolute Gasteiger partial charge is 0.298 e. The van der Waals surface area contributed by atoms with E-state index in [1.807, 2.05) is 0 Å². The van der Waals surface area contributed by atoms with E-state index in [1.165, 1.54) is 19.4 Å². The Kier molecular flexibility index (Phi) is 2.91. The van der Waals surface area contributed by atoms with Crippen LogP contribution in [0.25, 0.3) is 11.1 Å². The zero-order valence-electron chi connectivity index (χ0n) is 12.6. The first-order valence-electron chi connectivity index (χ1n) is 7.61. The van der Waals surface area contributed by atoms with Gasteiger partial charge in [-0.1, -0.05) is 0 Å². The Balaban J connectivity index is 1.59. The van der Waals surface area contributed by atoms with Crippen molar-refractivity contribution in [2.75, 3.05) is 38.1 Å². The highest BCUT2D eigenvalue weighted by atomic mass is 16.4. The van der Waals surface area contributed by atoms with E-state index in [2.05, 4.69) is 27.9 Å². The van der Waals surface area contributed by atoms with E-state index in [0.29, 0.717) is 28.1 Å². The molecule has 1 amide bonds. The van der Waals surface area contributed by atoms with E-state index in [1.54, 1.807) is 12.1 Å². The lowest BCUT2D eigenvalue weighted by Crippen LogP contribution is -2.62. The molecule has 0 saturated carbocycles. The van der Waals surface area contributed by atoms with Crippen LogP contribution in [0, 0.1) is 11.5 Å². The topological polar surface area (TPSA) is 75.6 Å². The van der Waals surface area contributed by atoms with Crippen LogP contribution in [0.15, 0.2) is 16.5 Å². The molecular weight excluding hydrogens is 280 g/mol. The number of hydrogen-bond acceptors (Lipinski definition) is 5. The zero-order chi connectivity index (χ0) is 15.3. The summed E-state index contributed by atoms with van der Waals surface area (Å²) in [4.78, 5) is 20.5. The molecule has 0 aliphatic carbocycles. The maximum absolute atomic E-state index is 11.4. The Morgan fingerprint density at radius 2 is 2.27 bits per heavy atom. The molecule has 0 unspecified atom stereocenters. The molecule has 1 aromatic heterocycles. The lowest BCUT2D eigenvalue weighted by atomic mass is 9.73. The number of oxazole rings is 1. The van der Waals surface area contributed by atoms with Crippen LogP contribution >= 0.6 is 0 Å². The van der Waals surface area contributed by atoms with Gasteiger partial charge in [-0.25, -0.2) is 0 Å². The number of benzene rings is 1. The van der Waals surface area contributed by atoms with Gasteiger partial charge >= 0.3 is 0 Å². The lowest BCUT2D eigenvalue weighted by Gasteiger charge is -2.53. The lowest BCUT2D eigenvalue weighted by molar-refractivity contribution is 0.0750. The number of carbonyl (C=O) groups is 1. The maximum atomic E-state index is 11.4. The van der Waals surface area contributed by atoms with E-state index >= 15 is 0 Å². The first kappa shape index (κ1) is 13.6. The number of anilines is 1. The Morgan fingerprint density at radius 1 is 1.45 bits per heavy atom. The first-order chi connectivity index (χ1) is 10.6. The van der Waals surface area contributed by atoms with Gasteiger partial charge in [-0.05, 0) is 44.6 Å². The van der Waals surface area contributed by atoms with Crippen LogP contribution in [-0.2, 0) is 0 Å². The van der Waals surface area contributed by atoms with E-state index in [9.17, 15) is 4.79 Å². The Hall–Kier alpha value is -2.08. The van der Waals surface area contributed by atoms with Crippen molar-refractivity contribution in [1.82, 2.24) is 9.88 Å². The average molecular weight is 299 g/mol. The summed E-state index contributed by atoms with van der Waals surface area (Å²) >= 11 is 0. The van der Waals surface area contributed by atoms with Gasteiger partial charge in [0.1, 0.15) is 5.52 Å². The third-order valence-corrected chi connectivity index (χ3v) is 4.76. The second-order valence-corrected chi connectivity index (χ2v) is 6.62. The van der Waals surface area contributed by atoms with E-state index in [-0.39, 0.29) is 0 Å². The maximum Gasteiger partial charge on any atom is 0.298 e. The van der Waals surface area contributed by atoms with Crippen LogP contribution in [0.2, 0.25) is 0 Å². The highest BCUT2D eigenvalue weighted by Crippen LogP contribution is 2.41. The first-order valence-corrected chi connectivity index (χ1v) is 7.61. The number of rotatable bonds is 2. The van der Waals surface area contributed by atoms with Gasteiger partial charge in [-0.3, -0.25) is 4.79 Å². The molecule has 2 aromatic rings. The number of hydrogen-bond donors (Lipinski definition) is 1. The van der Waals surface area contributed by atoms with E-state index < -0.39 is 5.91 Å². The van der Waals surface area contributed by atoms with E-state index in [4.69, 9.17) is 10.2 Å². The molecule has 2 N–H and O–H groups in total. The van der Waals surface area contributed by atoms with Gasteiger partial charge in [0.15, 0.2) is 5.58 Å². The van der Waals surface area contributed by atoms with Crippen LogP contribution in [0.3, 0.4) is 0 Å². The van der Waals surface area contributed by atoms with Crippen LogP contribution < -0.4 is 10.6 Å². The fourth-order valence-electron chi connectivity index (χ4n) is 3.82. The molecule has 22 heavy (non-hydrogen) atoms. The summed E-state index contributed by atoms with van der Waals surface area (Å²) in [5, 5.41) is 0. The van der Waals surface area contributed by atoms with Crippen molar-refractivity contribution in [2.24, 2.45) is 11.1 Å². The van der Waals surface area contributed by atoms with Gasteiger partial charge in [-0.2, -0.15) is 4.98 Å². The molecule has 0 bridgehead atoms. The molecule has 2 aliphatic heterocycles. The van der Waals surface area contributed by atoms with Gasteiger partial charge in [0.2, 0.25) is 0 Å². The van der Waals surface area contributed by atoms with Crippen molar-refractivity contribution in [2.45, 2.75) is 12.8 Å². The number of piperidine rings is 1. The SMILES string of the molecule is CN1CCCC2(C1)CN(c1nc3c(C(N)=O)[c]ccc3o1)C2. The molecule has 2 aliphatic rings. The third kappa shape index (κ3) is 2.06. The van der Waals surface area contributed by atoms with Crippen LogP contribution in [0.1, 0.15) is 23.2 Å². The molecule has 1 aromatic carbocycles. The minimum absolute atomic E-state index is 0.292. The normalized spacial score (nSPS) is 21.2. The number of fused-ring (bicyclic) bond motifs is 1. The monoisotopic (exact) mass is 299 g/mol. The predicted molar refractivity (Wildman–Crippen MR) is 82.7 cm³/mol. The van der Waals surface area contributed by atoms with Crippen LogP contribution in [-0.4, -0.2) is 49.0 Å². The Bertz CT molecular complexity index is 733. The number of nitrogens with zero attached hydrogens (tertiary/aromatic N) is 3. The summed E-state index contributed by atoms with van der Waals surface area (Å²) in [7, 11) is 2.18. The molecule has 3 heterocycles. The van der Waals surface area contributed by atoms with Gasteiger partial charge in [0.05, 0.1) is 5.56 Å². The van der Waals surface area contributed by atoms with Gasteiger partial charge < -0.3 is 20.0 Å². The molecule has 1 radical (unpaired) electrons. The number of likely N-dealkylation sites (tertiary alicyclic amines) is 1. The third-order valence-electron chi connectivity index (χ3n) is 4.76. The summed E-state index contributed by atoms with van der Waals surface area (Å²) in [6, 6.07) is 6.83. The quantitative estimate of drug-likeness (QED) is 0.903. The van der Waals surface area contributed by atoms with Gasteiger partial charge in [-0.15, -0.1) is 0 Å². The number of carbonyl (C=O) groups excluding carboxylic acids is 1. The van der Waals surface area contributed by atoms with Crippen molar-refractivity contribution < 1.29 is 9.21 Å². The Labute approximate surface area is 128 Å². The molecule has 2 fully saturated rings. The Morgan fingerprint density at radius 3 is 3.00 bits per heavy atom. The van der Waals surface area contributed by atoms with Crippen molar-refractivity contribution in [3.8, 4) is 0 Å². The zero-order valence-corrected chi connectivity index (χ0v) is 12.6. The predicted octanol–water partition coefficient (Wildman–Crippen LogP) is 1.26. The highest BCUT2D eigenvalue weighted by Gasteiger charge is 2.46. The molecule has 4 rings (SSSR count). The molecule has 115 valence electrons. The van der Waals surface area contributed by atoms with Crippen molar-refractivity contribution in [3.63, 3.8) is 0 Å². The summed E-state index contributed by atoms with van der Waals surface area (Å²) in [6.07, 6.45) is 2.51. The summed E-state index contributed by atoms with van der Waals surface area (Å²) < 4.78 is 5.80. The summed E-state index contributed by atoms with van der Waals surface area (Å²) in [5.41, 5.74) is 7.12. The number of nitrogens with two attached hydrogens (primary N) is 1. The van der Waals surface area contributed by atoms with Crippen molar-refractivity contribution >= 4 is 23.0 Å². The number of aromatic nitrogens is 1. The minimum Gasteiger partial charge on any atom is -0.423 e. The molecular formula is C16H19N4O2. The molecule has 6 nitrogen and oxygen atoms in total. The standard InChI is InChI=1S/C16H19N4O2/c1-19-7-3-6-16(8-19)9-20(10-16)15-18-13-11(14(17)21)4-2-5-12(13)22-15/h2,5H,3,6-10H2,1H3,(H2,17,21).